The van der Waals surface area contributed by atoms with Gasteiger partial charge in [-0.25, -0.2) is 13.4 Å². The quantitative estimate of drug-likeness (QED) is 0.694. The maximum absolute atomic E-state index is 11.1. The minimum Gasteiger partial charge on any atom is -0.480 e. The first-order valence-electron chi connectivity index (χ1n) is 3.31. The molecule has 6 nitrogen and oxygen atoms in total. The fourth-order valence-corrected chi connectivity index (χ4v) is 1.46. The number of aromatic nitrogens is 2. The smallest absolute Gasteiger partial charge is 0.237 e. The van der Waals surface area contributed by atoms with E-state index in [2.05, 4.69) is 9.97 Å². The van der Waals surface area contributed by atoms with Gasteiger partial charge in [0.1, 0.15) is 4.90 Å². The van der Waals surface area contributed by atoms with Crippen LogP contribution in [0, 0.1) is 0 Å². The number of nitrogens with zero attached hydrogens (tertiary/aromatic N) is 2. The molecular weight excluding hydrogens is 194 g/mol. The van der Waals surface area contributed by atoms with E-state index in [0.717, 1.165) is 12.5 Å². The number of nitrogens with two attached hydrogens (primary N) is 1. The minimum atomic E-state index is -3.37. The molecule has 0 saturated heterocycles. The van der Waals surface area contributed by atoms with E-state index in [1.165, 1.54) is 7.11 Å². The van der Waals surface area contributed by atoms with Gasteiger partial charge in [-0.2, -0.15) is 4.98 Å². The molecule has 0 saturated carbocycles. The molecule has 1 aromatic rings. The summed E-state index contributed by atoms with van der Waals surface area (Å²) in [4.78, 5) is 7.12. The standard InChI is InChI=1S/C6H9N3O3S/c1-12-5-4(13(2,10)11)3-8-6(7)9-5/h3H,1-2H3,(H2,7,8,9). The molecule has 0 unspecified atom stereocenters. The molecule has 0 amide bonds. The van der Waals surface area contributed by atoms with Gasteiger partial charge in [0.2, 0.25) is 11.8 Å². The van der Waals surface area contributed by atoms with Crippen LogP contribution in [0.2, 0.25) is 0 Å². The van der Waals surface area contributed by atoms with Crippen LogP contribution in [0.15, 0.2) is 11.1 Å². The van der Waals surface area contributed by atoms with E-state index in [9.17, 15) is 8.42 Å². The largest absolute Gasteiger partial charge is 0.480 e. The zero-order valence-corrected chi connectivity index (χ0v) is 8.00. The van der Waals surface area contributed by atoms with E-state index in [1.54, 1.807) is 0 Å². The van der Waals surface area contributed by atoms with Crippen molar-refractivity contribution in [2.24, 2.45) is 0 Å². The number of hydrogen-bond donors (Lipinski definition) is 1. The number of methoxy groups -OCH3 is 1. The van der Waals surface area contributed by atoms with Gasteiger partial charge in [0.05, 0.1) is 13.3 Å². The normalized spacial score (nSPS) is 11.2. The molecule has 0 radical (unpaired) electrons. The second-order valence-electron chi connectivity index (χ2n) is 2.37. The Labute approximate surface area is 75.7 Å². The lowest BCUT2D eigenvalue weighted by atomic mass is 10.6. The Kier molecular flexibility index (Phi) is 2.37. The Hall–Kier alpha value is -1.37. The molecule has 2 N–H and O–H groups in total. The van der Waals surface area contributed by atoms with Crippen molar-refractivity contribution >= 4 is 15.8 Å². The summed E-state index contributed by atoms with van der Waals surface area (Å²) in [5.74, 6) is -0.0562. The summed E-state index contributed by atoms with van der Waals surface area (Å²) in [5, 5.41) is 0. The van der Waals surface area contributed by atoms with Gasteiger partial charge in [0.15, 0.2) is 9.84 Å². The van der Waals surface area contributed by atoms with Crippen molar-refractivity contribution in [1.29, 1.82) is 0 Å². The summed E-state index contributed by atoms with van der Waals surface area (Å²) in [6.45, 7) is 0. The molecule has 1 rings (SSSR count). The summed E-state index contributed by atoms with van der Waals surface area (Å²) in [5.41, 5.74) is 5.25. The van der Waals surface area contributed by atoms with Crippen molar-refractivity contribution in [2.45, 2.75) is 4.90 Å². The Balaban J connectivity index is 3.39. The molecule has 1 aromatic heterocycles. The highest BCUT2D eigenvalue weighted by Crippen LogP contribution is 2.19. The third-order valence-corrected chi connectivity index (χ3v) is 2.41. The van der Waals surface area contributed by atoms with Gasteiger partial charge in [-0.3, -0.25) is 0 Å². The summed E-state index contributed by atoms with van der Waals surface area (Å²) < 4.78 is 27.0. The summed E-state index contributed by atoms with van der Waals surface area (Å²) in [6, 6.07) is 0. The summed E-state index contributed by atoms with van der Waals surface area (Å²) >= 11 is 0. The van der Waals surface area contributed by atoms with E-state index >= 15 is 0 Å². The SMILES string of the molecule is COc1nc(N)ncc1S(C)(=O)=O. The third kappa shape index (κ3) is 2.05. The lowest BCUT2D eigenvalue weighted by Crippen LogP contribution is -2.05. The molecule has 1 heterocycles. The van der Waals surface area contributed by atoms with Crippen LogP contribution in [0.25, 0.3) is 0 Å². The molecular formula is C6H9N3O3S. The fourth-order valence-electron chi connectivity index (χ4n) is 0.769. The van der Waals surface area contributed by atoms with Gasteiger partial charge in [0, 0.05) is 6.26 Å². The van der Waals surface area contributed by atoms with Gasteiger partial charge in [-0.05, 0) is 0 Å². The molecule has 72 valence electrons. The van der Waals surface area contributed by atoms with E-state index in [-0.39, 0.29) is 16.7 Å². The molecule has 0 aromatic carbocycles. The van der Waals surface area contributed by atoms with E-state index < -0.39 is 9.84 Å². The van der Waals surface area contributed by atoms with Crippen LogP contribution in [0.4, 0.5) is 5.95 Å². The topological polar surface area (TPSA) is 95.2 Å². The van der Waals surface area contributed by atoms with E-state index in [1.807, 2.05) is 0 Å². The van der Waals surface area contributed by atoms with Gasteiger partial charge in [-0.15, -0.1) is 0 Å². The molecule has 13 heavy (non-hydrogen) atoms. The molecule has 0 aliphatic carbocycles. The second-order valence-corrected chi connectivity index (χ2v) is 4.36. The number of hydrogen-bond acceptors (Lipinski definition) is 6. The number of anilines is 1. The number of ether oxygens (including phenoxy) is 1. The second kappa shape index (κ2) is 3.17. The first kappa shape index (κ1) is 9.72. The van der Waals surface area contributed by atoms with Crippen LogP contribution in [0.5, 0.6) is 5.88 Å². The van der Waals surface area contributed by atoms with Gasteiger partial charge in [-0.1, -0.05) is 0 Å². The average Bonchev–Trinajstić information content (AvgIpc) is 2.01. The van der Waals surface area contributed by atoms with Crippen molar-refractivity contribution in [2.75, 3.05) is 19.1 Å². The van der Waals surface area contributed by atoms with Crippen molar-refractivity contribution in [1.82, 2.24) is 9.97 Å². The highest BCUT2D eigenvalue weighted by Gasteiger charge is 2.16. The molecule has 0 aliphatic heterocycles. The van der Waals surface area contributed by atoms with E-state index in [0.29, 0.717) is 0 Å². The Morgan fingerprint density at radius 2 is 2.15 bits per heavy atom. The fraction of sp³-hybridized carbons (Fsp3) is 0.333. The van der Waals surface area contributed by atoms with Crippen molar-refractivity contribution in [3.8, 4) is 5.88 Å². The third-order valence-electron chi connectivity index (χ3n) is 1.33. The predicted octanol–water partition coefficient (Wildman–Crippen LogP) is -0.529. The van der Waals surface area contributed by atoms with Crippen LogP contribution in [0.1, 0.15) is 0 Å². The molecule has 0 atom stereocenters. The van der Waals surface area contributed by atoms with Crippen LogP contribution >= 0.6 is 0 Å². The van der Waals surface area contributed by atoms with Crippen molar-refractivity contribution in [3.63, 3.8) is 0 Å². The Morgan fingerprint density at radius 3 is 2.62 bits per heavy atom. The van der Waals surface area contributed by atoms with Gasteiger partial charge < -0.3 is 10.5 Å². The Bertz CT molecular complexity index is 415. The van der Waals surface area contributed by atoms with Crippen molar-refractivity contribution < 1.29 is 13.2 Å². The number of rotatable bonds is 2. The Morgan fingerprint density at radius 1 is 1.54 bits per heavy atom. The highest BCUT2D eigenvalue weighted by atomic mass is 32.2. The summed E-state index contributed by atoms with van der Waals surface area (Å²) in [7, 11) is -2.05. The predicted molar refractivity (Wildman–Crippen MR) is 46.1 cm³/mol. The van der Waals surface area contributed by atoms with Gasteiger partial charge >= 0.3 is 0 Å². The molecule has 7 heteroatoms. The number of sulfone groups is 1. The molecule has 0 bridgehead atoms. The molecule has 0 spiro atoms. The zero-order chi connectivity index (χ0) is 10.1. The van der Waals surface area contributed by atoms with Crippen LogP contribution in [-0.4, -0.2) is 31.8 Å². The highest BCUT2D eigenvalue weighted by molar-refractivity contribution is 7.90. The van der Waals surface area contributed by atoms with Gasteiger partial charge in [0.25, 0.3) is 0 Å². The average molecular weight is 203 g/mol. The van der Waals surface area contributed by atoms with E-state index in [4.69, 9.17) is 10.5 Å². The molecule has 0 fully saturated rings. The first-order chi connectivity index (χ1) is 5.95. The maximum atomic E-state index is 11.1. The minimum absolute atomic E-state index is 0.0238. The maximum Gasteiger partial charge on any atom is 0.237 e. The summed E-state index contributed by atoms with van der Waals surface area (Å²) in [6.07, 6.45) is 2.17. The zero-order valence-electron chi connectivity index (χ0n) is 7.18. The van der Waals surface area contributed by atoms with Crippen LogP contribution in [-0.2, 0) is 9.84 Å². The lowest BCUT2D eigenvalue weighted by Gasteiger charge is -2.04. The monoisotopic (exact) mass is 203 g/mol. The van der Waals surface area contributed by atoms with Crippen molar-refractivity contribution in [3.05, 3.63) is 6.20 Å². The van der Waals surface area contributed by atoms with Crippen LogP contribution in [0.3, 0.4) is 0 Å². The number of nitrogen functional groups attached to an aromatic ring is 1. The molecule has 0 aliphatic rings. The van der Waals surface area contributed by atoms with Crippen LogP contribution < -0.4 is 10.5 Å². The lowest BCUT2D eigenvalue weighted by molar-refractivity contribution is 0.384. The first-order valence-corrected chi connectivity index (χ1v) is 5.21.